The minimum atomic E-state index is -3.04. The van der Waals surface area contributed by atoms with Crippen LogP contribution in [0.15, 0.2) is 12.4 Å². The number of hydrogen-bond acceptors (Lipinski definition) is 4. The number of aryl methyl sites for hydroxylation is 1. The van der Waals surface area contributed by atoms with Crippen molar-refractivity contribution in [2.24, 2.45) is 13.0 Å². The molecule has 1 saturated heterocycles. The van der Waals surface area contributed by atoms with Crippen LogP contribution in [0.25, 0.3) is 0 Å². The number of hydrogen-bond donors (Lipinski definition) is 1. The van der Waals surface area contributed by atoms with Crippen molar-refractivity contribution in [1.82, 2.24) is 19.4 Å². The average molecular weight is 300 g/mol. The van der Waals surface area contributed by atoms with Gasteiger partial charge in [-0.05, 0) is 43.8 Å². The third kappa shape index (κ3) is 4.57. The van der Waals surface area contributed by atoms with E-state index >= 15 is 0 Å². The molecule has 114 valence electrons. The number of sulfonamides is 1. The first-order valence-electron chi connectivity index (χ1n) is 7.08. The summed E-state index contributed by atoms with van der Waals surface area (Å²) in [4.78, 5) is 0. The Morgan fingerprint density at radius 1 is 1.50 bits per heavy atom. The first-order chi connectivity index (χ1) is 9.45. The molecule has 6 nitrogen and oxygen atoms in total. The predicted molar refractivity (Wildman–Crippen MR) is 78.9 cm³/mol. The first-order valence-corrected chi connectivity index (χ1v) is 8.93. The summed E-state index contributed by atoms with van der Waals surface area (Å²) in [5.41, 5.74) is 1.22. The van der Waals surface area contributed by atoms with Gasteiger partial charge in [0.05, 0.1) is 12.5 Å². The van der Waals surface area contributed by atoms with Crippen LogP contribution < -0.4 is 5.32 Å². The SMILES string of the molecule is Cn1cc(CCNCC2CCCN(S(C)(=O)=O)C2)cn1. The Kier molecular flexibility index (Phi) is 5.17. The van der Waals surface area contributed by atoms with Gasteiger partial charge in [0.15, 0.2) is 0 Å². The summed E-state index contributed by atoms with van der Waals surface area (Å²) >= 11 is 0. The van der Waals surface area contributed by atoms with Crippen molar-refractivity contribution in [2.45, 2.75) is 19.3 Å². The smallest absolute Gasteiger partial charge is 0.211 e. The molecule has 0 radical (unpaired) electrons. The zero-order valence-electron chi connectivity index (χ0n) is 12.2. The van der Waals surface area contributed by atoms with E-state index in [0.717, 1.165) is 32.4 Å². The van der Waals surface area contributed by atoms with Crippen LogP contribution in [0.5, 0.6) is 0 Å². The zero-order chi connectivity index (χ0) is 14.6. The molecule has 1 N–H and O–H groups in total. The van der Waals surface area contributed by atoms with Crippen LogP contribution in [0.3, 0.4) is 0 Å². The van der Waals surface area contributed by atoms with Crippen molar-refractivity contribution in [3.63, 3.8) is 0 Å². The lowest BCUT2D eigenvalue weighted by Gasteiger charge is -2.31. The molecule has 2 heterocycles. The lowest BCUT2D eigenvalue weighted by atomic mass is 10.00. The molecule has 1 aromatic rings. The minimum absolute atomic E-state index is 0.423. The highest BCUT2D eigenvalue weighted by atomic mass is 32.2. The van der Waals surface area contributed by atoms with Crippen LogP contribution in [-0.4, -0.2) is 54.9 Å². The predicted octanol–water partition coefficient (Wildman–Crippen LogP) is 0.224. The minimum Gasteiger partial charge on any atom is -0.316 e. The van der Waals surface area contributed by atoms with Crippen molar-refractivity contribution in [3.8, 4) is 0 Å². The second-order valence-corrected chi connectivity index (χ2v) is 7.59. The van der Waals surface area contributed by atoms with Gasteiger partial charge in [0.2, 0.25) is 10.0 Å². The maximum atomic E-state index is 11.5. The summed E-state index contributed by atoms with van der Waals surface area (Å²) in [6.07, 6.45) is 8.22. The van der Waals surface area contributed by atoms with E-state index in [2.05, 4.69) is 10.4 Å². The van der Waals surface area contributed by atoms with Gasteiger partial charge in [-0.3, -0.25) is 4.68 Å². The van der Waals surface area contributed by atoms with Gasteiger partial charge < -0.3 is 5.32 Å². The second kappa shape index (κ2) is 6.69. The van der Waals surface area contributed by atoms with Crippen molar-refractivity contribution >= 4 is 10.0 Å². The normalized spacial score (nSPS) is 21.2. The molecule has 1 unspecified atom stereocenters. The monoisotopic (exact) mass is 300 g/mol. The van der Waals surface area contributed by atoms with Gasteiger partial charge >= 0.3 is 0 Å². The highest BCUT2D eigenvalue weighted by Crippen LogP contribution is 2.17. The summed E-state index contributed by atoms with van der Waals surface area (Å²) in [5, 5.41) is 7.56. The Balaban J connectivity index is 1.69. The van der Waals surface area contributed by atoms with E-state index in [0.29, 0.717) is 19.0 Å². The van der Waals surface area contributed by atoms with Gasteiger partial charge in [0, 0.05) is 26.3 Å². The summed E-state index contributed by atoms with van der Waals surface area (Å²) in [5.74, 6) is 0.423. The molecule has 0 amide bonds. The summed E-state index contributed by atoms with van der Waals surface area (Å²) < 4.78 is 26.5. The van der Waals surface area contributed by atoms with Gasteiger partial charge in [-0.2, -0.15) is 5.10 Å². The molecule has 7 heteroatoms. The van der Waals surface area contributed by atoms with E-state index in [1.54, 1.807) is 8.99 Å². The number of rotatable bonds is 6. The summed E-state index contributed by atoms with van der Waals surface area (Å²) in [6, 6.07) is 0. The number of nitrogens with one attached hydrogen (secondary N) is 1. The molecular weight excluding hydrogens is 276 g/mol. The van der Waals surface area contributed by atoms with E-state index < -0.39 is 10.0 Å². The molecule has 0 aliphatic carbocycles. The Bertz CT molecular complexity index is 526. The molecule has 20 heavy (non-hydrogen) atoms. The maximum Gasteiger partial charge on any atom is 0.211 e. The van der Waals surface area contributed by atoms with Crippen molar-refractivity contribution in [3.05, 3.63) is 18.0 Å². The molecule has 1 aliphatic heterocycles. The molecule has 2 rings (SSSR count). The molecule has 1 fully saturated rings. The fourth-order valence-electron chi connectivity index (χ4n) is 2.63. The third-order valence-electron chi connectivity index (χ3n) is 3.73. The van der Waals surface area contributed by atoms with Crippen molar-refractivity contribution in [1.29, 1.82) is 0 Å². The molecule has 1 aromatic heterocycles. The molecule has 0 bridgehead atoms. The molecule has 1 aliphatic rings. The van der Waals surface area contributed by atoms with Crippen LogP contribution in [-0.2, 0) is 23.5 Å². The Morgan fingerprint density at radius 3 is 2.95 bits per heavy atom. The van der Waals surface area contributed by atoms with Crippen LogP contribution in [0, 0.1) is 5.92 Å². The Morgan fingerprint density at radius 2 is 2.30 bits per heavy atom. The fraction of sp³-hybridized carbons (Fsp3) is 0.769. The van der Waals surface area contributed by atoms with E-state index in [1.165, 1.54) is 11.8 Å². The summed E-state index contributed by atoms with van der Waals surface area (Å²) in [7, 11) is -1.12. The lowest BCUT2D eigenvalue weighted by molar-refractivity contribution is 0.262. The topological polar surface area (TPSA) is 67.2 Å². The highest BCUT2D eigenvalue weighted by Gasteiger charge is 2.25. The number of aromatic nitrogens is 2. The number of piperidine rings is 1. The zero-order valence-corrected chi connectivity index (χ0v) is 13.1. The van der Waals surface area contributed by atoms with Crippen molar-refractivity contribution in [2.75, 3.05) is 32.4 Å². The van der Waals surface area contributed by atoms with Gasteiger partial charge in [-0.25, -0.2) is 12.7 Å². The van der Waals surface area contributed by atoms with E-state index in [-0.39, 0.29) is 0 Å². The second-order valence-electron chi connectivity index (χ2n) is 5.61. The fourth-order valence-corrected chi connectivity index (χ4v) is 3.58. The maximum absolute atomic E-state index is 11.5. The standard InChI is InChI=1S/C13H24N4O2S/c1-16-10-13(9-15-16)5-6-14-8-12-4-3-7-17(11-12)20(2,18)19/h9-10,12,14H,3-8,11H2,1-2H3. The molecular formula is C13H24N4O2S. The van der Waals surface area contributed by atoms with Crippen LogP contribution in [0.4, 0.5) is 0 Å². The third-order valence-corrected chi connectivity index (χ3v) is 5.00. The highest BCUT2D eigenvalue weighted by molar-refractivity contribution is 7.88. The largest absolute Gasteiger partial charge is 0.316 e. The van der Waals surface area contributed by atoms with Crippen LogP contribution in [0.2, 0.25) is 0 Å². The molecule has 1 atom stereocenters. The van der Waals surface area contributed by atoms with Gasteiger partial charge in [-0.1, -0.05) is 0 Å². The van der Waals surface area contributed by atoms with Gasteiger partial charge in [0.25, 0.3) is 0 Å². The van der Waals surface area contributed by atoms with Crippen molar-refractivity contribution < 1.29 is 8.42 Å². The Hall–Kier alpha value is -0.920. The van der Waals surface area contributed by atoms with Crippen LogP contribution in [0.1, 0.15) is 18.4 Å². The first kappa shape index (κ1) is 15.5. The molecule has 0 saturated carbocycles. The van der Waals surface area contributed by atoms with E-state index in [1.807, 2.05) is 19.4 Å². The molecule has 0 aromatic carbocycles. The number of nitrogens with zero attached hydrogens (tertiary/aromatic N) is 3. The van der Waals surface area contributed by atoms with Gasteiger partial charge in [0.1, 0.15) is 0 Å². The Labute approximate surface area is 121 Å². The van der Waals surface area contributed by atoms with Crippen LogP contribution >= 0.6 is 0 Å². The van der Waals surface area contributed by atoms with E-state index in [9.17, 15) is 8.42 Å². The van der Waals surface area contributed by atoms with Gasteiger partial charge in [-0.15, -0.1) is 0 Å². The quantitative estimate of drug-likeness (QED) is 0.764. The summed E-state index contributed by atoms with van der Waals surface area (Å²) in [6.45, 7) is 3.11. The molecule has 0 spiro atoms. The average Bonchev–Trinajstić information content (AvgIpc) is 2.80. The van der Waals surface area contributed by atoms with E-state index in [4.69, 9.17) is 0 Å². The lowest BCUT2D eigenvalue weighted by Crippen LogP contribution is -2.42.